The van der Waals surface area contributed by atoms with Crippen LogP contribution in [0.2, 0.25) is 0 Å². The second kappa shape index (κ2) is 10.2. The van der Waals surface area contributed by atoms with Crippen molar-refractivity contribution in [2.45, 2.75) is 13.3 Å². The highest BCUT2D eigenvalue weighted by Crippen LogP contribution is 2.45. The van der Waals surface area contributed by atoms with Gasteiger partial charge in [-0.3, -0.25) is 4.57 Å². The Labute approximate surface area is 273 Å². The van der Waals surface area contributed by atoms with Crippen molar-refractivity contribution in [3.63, 3.8) is 0 Å². The van der Waals surface area contributed by atoms with Gasteiger partial charge in [0.15, 0.2) is 0 Å². The minimum Gasteiger partial charge on any atom is -0.296 e. The van der Waals surface area contributed by atoms with E-state index in [2.05, 4.69) is 23.6 Å². The Hall–Kier alpha value is -5.73. The maximum atomic E-state index is 9.32. The van der Waals surface area contributed by atoms with Crippen LogP contribution in [-0.2, 0) is 6.42 Å². The zero-order valence-electron chi connectivity index (χ0n) is 32.4. The number of benzene rings is 8. The van der Waals surface area contributed by atoms with E-state index in [1.54, 1.807) is 0 Å². The van der Waals surface area contributed by atoms with Gasteiger partial charge < -0.3 is 0 Å². The molecule has 9 aromatic rings. The van der Waals surface area contributed by atoms with Crippen molar-refractivity contribution in [1.29, 1.82) is 0 Å². The molecule has 0 saturated heterocycles. The maximum absolute atomic E-state index is 9.32. The lowest BCUT2D eigenvalue weighted by atomic mass is 9.84. The lowest BCUT2D eigenvalue weighted by molar-refractivity contribution is 0.909. The van der Waals surface area contributed by atoms with Crippen molar-refractivity contribution in [3.05, 3.63) is 157 Å². The summed E-state index contributed by atoms with van der Waals surface area (Å²) in [6.07, 6.45) is 0.748. The van der Waals surface area contributed by atoms with Gasteiger partial charge in [0.2, 0.25) is 0 Å². The Balaban J connectivity index is 1.42. The molecule has 0 spiro atoms. The number of rotatable bonds is 4. The Morgan fingerprint density at radius 3 is 2.00 bits per heavy atom. The predicted molar refractivity (Wildman–Crippen MR) is 191 cm³/mol. The molecule has 0 saturated carbocycles. The van der Waals surface area contributed by atoms with E-state index in [-0.39, 0.29) is 45.7 Å². The van der Waals surface area contributed by atoms with E-state index in [1.807, 2.05) is 91.0 Å². The fourth-order valence-electron chi connectivity index (χ4n) is 6.76. The largest absolute Gasteiger partial charge is 0.296 e. The van der Waals surface area contributed by atoms with Gasteiger partial charge in [0, 0.05) is 12.1 Å². The van der Waals surface area contributed by atoms with E-state index in [0.29, 0.717) is 22.3 Å². The van der Waals surface area contributed by atoms with Crippen LogP contribution in [0.3, 0.4) is 0 Å². The van der Waals surface area contributed by atoms with Crippen LogP contribution in [0.1, 0.15) is 23.7 Å². The molecule has 45 heavy (non-hydrogen) atoms. The van der Waals surface area contributed by atoms with Gasteiger partial charge in [-0.2, -0.15) is 0 Å². The van der Waals surface area contributed by atoms with Gasteiger partial charge in [0.05, 0.1) is 22.0 Å². The van der Waals surface area contributed by atoms with Gasteiger partial charge >= 0.3 is 0 Å². The minimum atomic E-state index is -0.419. The molecular weight excluding hydrogens is 544 g/mol. The fraction of sp³-hybridized carbons (Fsp3) is 0.0465. The summed E-state index contributed by atoms with van der Waals surface area (Å²) in [7, 11) is 0. The lowest BCUT2D eigenvalue weighted by Crippen LogP contribution is -2.00. The Kier molecular flexibility index (Phi) is 4.26. The number of nitrogens with zero attached hydrogens (tertiary/aromatic N) is 2. The number of aryl methyl sites for hydroxylation is 1. The van der Waals surface area contributed by atoms with E-state index in [1.165, 1.54) is 0 Å². The Morgan fingerprint density at radius 1 is 0.578 bits per heavy atom. The molecule has 2 heteroatoms. The molecule has 1 aromatic heterocycles. The second-order valence-corrected chi connectivity index (χ2v) is 11.2. The zero-order chi connectivity index (χ0) is 36.9. The molecule has 0 aliphatic heterocycles. The number of fused-ring (bicyclic) bond motifs is 5. The highest BCUT2D eigenvalue weighted by Gasteiger charge is 2.18. The fourth-order valence-corrected chi connectivity index (χ4v) is 6.76. The number of aromatic nitrogens is 2. The van der Waals surface area contributed by atoms with Gasteiger partial charge in [-0.05, 0) is 95.7 Å². The summed E-state index contributed by atoms with van der Waals surface area (Å²) in [5.41, 5.74) is 4.74. The van der Waals surface area contributed by atoms with Crippen molar-refractivity contribution in [2.75, 3.05) is 0 Å². The van der Waals surface area contributed by atoms with Gasteiger partial charge in [-0.15, -0.1) is 0 Å². The van der Waals surface area contributed by atoms with Crippen molar-refractivity contribution >= 4 is 54.1 Å². The molecule has 0 atom stereocenters. The van der Waals surface area contributed by atoms with Crippen LogP contribution in [0.25, 0.3) is 82.1 Å². The summed E-state index contributed by atoms with van der Waals surface area (Å²) in [5.74, 6) is 0.940. The van der Waals surface area contributed by atoms with Gasteiger partial charge in [0.1, 0.15) is 5.82 Å². The molecule has 0 radical (unpaired) electrons. The molecule has 0 bridgehead atoms. The molecule has 0 aliphatic carbocycles. The highest BCUT2D eigenvalue weighted by atomic mass is 15.1. The summed E-state index contributed by atoms with van der Waals surface area (Å²) in [6, 6.07) is 30.4. The first-order chi connectivity index (χ1) is 25.6. The third-order valence-corrected chi connectivity index (χ3v) is 8.75. The van der Waals surface area contributed by atoms with Crippen LogP contribution in [0.15, 0.2) is 151 Å². The smallest absolute Gasteiger partial charge is 0.114 e. The van der Waals surface area contributed by atoms with Crippen LogP contribution in [0.5, 0.6) is 0 Å². The molecule has 0 unspecified atom stereocenters. The van der Waals surface area contributed by atoms with Crippen molar-refractivity contribution < 1.29 is 11.0 Å². The molecule has 0 fully saturated rings. The van der Waals surface area contributed by atoms with Gasteiger partial charge in [-0.1, -0.05) is 128 Å². The van der Waals surface area contributed by atoms with Crippen LogP contribution in [0.4, 0.5) is 0 Å². The first kappa shape index (κ1) is 18.8. The third kappa shape index (κ3) is 3.99. The SMILES string of the molecule is [2H]c1c([2H])c([2H])c2c(-c3cccc4ccccc34)c3c([2H])c([2H])c([2H])c([2H])c3c(-c3ccc4cc(-n5c(CC)nc6ccccc65)ccc4c3)c2c1[2H]. The molecule has 0 N–H and O–H groups in total. The van der Waals surface area contributed by atoms with Crippen LogP contribution in [0, 0.1) is 0 Å². The predicted octanol–water partition coefficient (Wildman–Crippen LogP) is 11.5. The molecule has 0 amide bonds. The molecule has 0 aliphatic rings. The summed E-state index contributed by atoms with van der Waals surface area (Å²) < 4.78 is 74.5. The lowest BCUT2D eigenvalue weighted by Gasteiger charge is -2.19. The van der Waals surface area contributed by atoms with Gasteiger partial charge in [0.25, 0.3) is 0 Å². The van der Waals surface area contributed by atoms with E-state index >= 15 is 0 Å². The van der Waals surface area contributed by atoms with E-state index in [4.69, 9.17) is 10.5 Å². The topological polar surface area (TPSA) is 17.8 Å². The standard InChI is InChI=1S/C43H30N2/c1-2-41-44-39-20-9-10-21-40(39)45(41)32-25-24-29-26-31(23-22-30(29)27-32)42-35-15-5-7-17-37(35)43(38-18-8-6-16-36(38)42)34-19-11-13-28-12-3-4-14-33(28)34/h3-27H,2H2,1H3/i5D,6D,7D,8D,15D,16D,17D,18D. The number of hydrogen-bond acceptors (Lipinski definition) is 1. The molecular formula is C43H30N2. The van der Waals surface area contributed by atoms with Crippen LogP contribution >= 0.6 is 0 Å². The summed E-state index contributed by atoms with van der Waals surface area (Å²) in [5, 5.41) is 4.27. The highest BCUT2D eigenvalue weighted by molar-refractivity contribution is 6.23. The quantitative estimate of drug-likeness (QED) is 0.189. The van der Waals surface area contributed by atoms with E-state index < -0.39 is 24.2 Å². The number of imidazole rings is 1. The van der Waals surface area contributed by atoms with Crippen molar-refractivity contribution in [3.8, 4) is 27.9 Å². The van der Waals surface area contributed by atoms with Crippen molar-refractivity contribution in [1.82, 2.24) is 9.55 Å². The number of hydrogen-bond donors (Lipinski definition) is 0. The van der Waals surface area contributed by atoms with E-state index in [9.17, 15) is 5.48 Å². The normalized spacial score (nSPS) is 14.2. The van der Waals surface area contributed by atoms with Gasteiger partial charge in [-0.25, -0.2) is 4.98 Å². The summed E-state index contributed by atoms with van der Waals surface area (Å²) >= 11 is 0. The average Bonchev–Trinajstić information content (AvgIpc) is 3.57. The van der Waals surface area contributed by atoms with Crippen LogP contribution < -0.4 is 0 Å². The van der Waals surface area contributed by atoms with Crippen molar-refractivity contribution in [2.24, 2.45) is 0 Å². The van der Waals surface area contributed by atoms with E-state index in [0.717, 1.165) is 50.5 Å². The first-order valence-corrected chi connectivity index (χ1v) is 15.1. The second-order valence-electron chi connectivity index (χ2n) is 11.2. The number of para-hydroxylation sites is 2. The average molecular weight is 583 g/mol. The molecule has 1 heterocycles. The zero-order valence-corrected chi connectivity index (χ0v) is 24.4. The summed E-state index contributed by atoms with van der Waals surface area (Å²) in [4.78, 5) is 4.84. The molecule has 212 valence electrons. The minimum absolute atomic E-state index is 0.199. The van der Waals surface area contributed by atoms with Crippen LogP contribution in [-0.4, -0.2) is 9.55 Å². The Morgan fingerprint density at radius 2 is 1.22 bits per heavy atom. The molecule has 2 nitrogen and oxygen atoms in total. The summed E-state index contributed by atoms with van der Waals surface area (Å²) in [6.45, 7) is 2.08. The molecule has 8 aromatic carbocycles. The maximum Gasteiger partial charge on any atom is 0.114 e. The Bertz CT molecular complexity index is 2950. The first-order valence-electron chi connectivity index (χ1n) is 19.1. The molecule has 9 rings (SSSR count). The monoisotopic (exact) mass is 582 g/mol. The third-order valence-electron chi connectivity index (χ3n) is 8.75.